The van der Waals surface area contributed by atoms with Crippen molar-refractivity contribution in [3.63, 3.8) is 0 Å². The number of hydrogen-bond donors (Lipinski definition) is 1. The molecule has 9 heteroatoms. The molecule has 37 heavy (non-hydrogen) atoms. The van der Waals surface area contributed by atoms with Crippen molar-refractivity contribution in [2.45, 2.75) is 69.1 Å². The predicted molar refractivity (Wildman–Crippen MR) is 138 cm³/mol. The molecule has 4 unspecified atom stereocenters. The van der Waals surface area contributed by atoms with Crippen molar-refractivity contribution in [1.29, 1.82) is 5.26 Å². The van der Waals surface area contributed by atoms with Crippen molar-refractivity contribution < 1.29 is 23.0 Å². The number of halogens is 4. The highest BCUT2D eigenvalue weighted by molar-refractivity contribution is 6.31. The summed E-state index contributed by atoms with van der Waals surface area (Å²) < 4.78 is 42.5. The molecule has 2 heterocycles. The molecule has 4 rings (SSSR count). The Labute approximate surface area is 226 Å². The number of esters is 1. The monoisotopic (exact) mass is 550 g/mol. The summed E-state index contributed by atoms with van der Waals surface area (Å²) in [5.41, 5.74) is -2.42. The van der Waals surface area contributed by atoms with E-state index < -0.39 is 46.6 Å². The van der Waals surface area contributed by atoms with Crippen molar-refractivity contribution in [3.8, 4) is 6.07 Å². The standard InChI is InChI=1S/C28H30Cl2F2N2O3/c1-27(2,3)37-26(35)25-23(18-5-4-6-20(30)24(18)32)28(15-33,19-8-7-17(29)14-21(19)31)22(34-25)13-16-9-11-36-12-10-16/h4-8,14,16,22-23,25,34H,9-13H2,1-3H3. The fourth-order valence-corrected chi connectivity index (χ4v) is 5.98. The first-order valence-corrected chi connectivity index (χ1v) is 13.1. The van der Waals surface area contributed by atoms with Crippen LogP contribution in [0.2, 0.25) is 10.0 Å². The van der Waals surface area contributed by atoms with E-state index in [-0.39, 0.29) is 27.1 Å². The van der Waals surface area contributed by atoms with Crippen LogP contribution >= 0.6 is 23.2 Å². The van der Waals surface area contributed by atoms with Gasteiger partial charge >= 0.3 is 5.97 Å². The Kier molecular flexibility index (Phi) is 8.16. The maximum absolute atomic E-state index is 15.6. The zero-order valence-electron chi connectivity index (χ0n) is 21.0. The number of nitrogens with one attached hydrogen (secondary N) is 1. The van der Waals surface area contributed by atoms with Gasteiger partial charge in [-0.2, -0.15) is 5.26 Å². The first-order chi connectivity index (χ1) is 17.5. The Balaban J connectivity index is 1.95. The van der Waals surface area contributed by atoms with E-state index in [1.165, 1.54) is 24.3 Å². The SMILES string of the molecule is CC(C)(C)OC(=O)C1NC(CC2CCOCC2)C(C#N)(c2ccc(Cl)cc2F)C1c1cccc(Cl)c1F. The second-order valence-electron chi connectivity index (χ2n) is 10.7. The van der Waals surface area contributed by atoms with E-state index in [4.69, 9.17) is 32.7 Å². The molecule has 2 fully saturated rings. The van der Waals surface area contributed by atoms with Gasteiger partial charge in [0.15, 0.2) is 0 Å². The van der Waals surface area contributed by atoms with E-state index in [0.29, 0.717) is 19.6 Å². The summed E-state index contributed by atoms with van der Waals surface area (Å²) in [5, 5.41) is 14.2. The summed E-state index contributed by atoms with van der Waals surface area (Å²) in [6.07, 6.45) is 1.98. The fourth-order valence-electron chi connectivity index (χ4n) is 5.64. The van der Waals surface area contributed by atoms with E-state index in [9.17, 15) is 10.1 Å². The summed E-state index contributed by atoms with van der Waals surface area (Å²) in [5.74, 6) is -3.08. The summed E-state index contributed by atoms with van der Waals surface area (Å²) in [6, 6.07) is 9.03. The van der Waals surface area contributed by atoms with Crippen LogP contribution in [0.4, 0.5) is 8.78 Å². The summed E-state index contributed by atoms with van der Waals surface area (Å²) in [6.45, 7) is 6.34. The smallest absolute Gasteiger partial charge is 0.324 e. The molecule has 0 saturated carbocycles. The Morgan fingerprint density at radius 2 is 1.92 bits per heavy atom. The Hall–Kier alpha value is -2.24. The van der Waals surface area contributed by atoms with Crippen LogP contribution in [-0.4, -0.2) is 36.9 Å². The molecule has 2 aliphatic heterocycles. The third-order valence-corrected chi connectivity index (χ3v) is 7.73. The van der Waals surface area contributed by atoms with Gasteiger partial charge in [0.05, 0.1) is 11.1 Å². The topological polar surface area (TPSA) is 71.3 Å². The first kappa shape index (κ1) is 27.8. The highest BCUT2D eigenvalue weighted by atomic mass is 35.5. The number of rotatable bonds is 5. The zero-order chi connectivity index (χ0) is 27.0. The zero-order valence-corrected chi connectivity index (χ0v) is 22.5. The lowest BCUT2D eigenvalue weighted by molar-refractivity contribution is -0.157. The lowest BCUT2D eigenvalue weighted by Crippen LogP contribution is -2.44. The van der Waals surface area contributed by atoms with Crippen LogP contribution in [0.3, 0.4) is 0 Å². The highest BCUT2D eigenvalue weighted by Gasteiger charge is 2.61. The molecule has 0 amide bonds. The van der Waals surface area contributed by atoms with E-state index in [1.807, 2.05) is 0 Å². The van der Waals surface area contributed by atoms with Gasteiger partial charge < -0.3 is 9.47 Å². The Morgan fingerprint density at radius 3 is 2.54 bits per heavy atom. The van der Waals surface area contributed by atoms with E-state index in [0.717, 1.165) is 18.9 Å². The van der Waals surface area contributed by atoms with Crippen molar-refractivity contribution >= 4 is 29.2 Å². The van der Waals surface area contributed by atoms with Crippen LogP contribution in [-0.2, 0) is 19.7 Å². The minimum absolute atomic E-state index is 0.0411. The predicted octanol–water partition coefficient (Wildman–Crippen LogP) is 6.32. The van der Waals surface area contributed by atoms with Gasteiger partial charge in [-0.25, -0.2) is 8.78 Å². The third kappa shape index (κ3) is 5.49. The molecule has 0 radical (unpaired) electrons. The minimum atomic E-state index is -1.67. The maximum atomic E-state index is 15.6. The molecule has 2 saturated heterocycles. The molecule has 4 atom stereocenters. The van der Waals surface area contributed by atoms with Gasteiger partial charge in [0.25, 0.3) is 0 Å². The Morgan fingerprint density at radius 1 is 1.22 bits per heavy atom. The van der Waals surface area contributed by atoms with Crippen molar-refractivity contribution in [1.82, 2.24) is 5.32 Å². The lowest BCUT2D eigenvalue weighted by Gasteiger charge is -2.37. The molecule has 0 aromatic heterocycles. The average molecular weight is 551 g/mol. The molecule has 1 N–H and O–H groups in total. The number of ether oxygens (including phenoxy) is 2. The number of nitriles is 1. The normalized spacial score (nSPS) is 26.6. The molecule has 2 aliphatic rings. The molecule has 0 bridgehead atoms. The molecular weight excluding hydrogens is 521 g/mol. The number of nitrogens with zero attached hydrogens (tertiary/aromatic N) is 1. The highest BCUT2D eigenvalue weighted by Crippen LogP contribution is 2.52. The summed E-state index contributed by atoms with van der Waals surface area (Å²) in [7, 11) is 0. The van der Waals surface area contributed by atoms with E-state index in [2.05, 4.69) is 11.4 Å². The van der Waals surface area contributed by atoms with Gasteiger partial charge in [0.2, 0.25) is 0 Å². The third-order valence-electron chi connectivity index (χ3n) is 7.20. The first-order valence-electron chi connectivity index (χ1n) is 12.3. The minimum Gasteiger partial charge on any atom is -0.459 e. The maximum Gasteiger partial charge on any atom is 0.324 e. The Bertz CT molecular complexity index is 1210. The quantitative estimate of drug-likeness (QED) is 0.441. The second kappa shape index (κ2) is 10.9. The molecule has 2 aromatic carbocycles. The molecule has 5 nitrogen and oxygen atoms in total. The fraction of sp³-hybridized carbons (Fsp3) is 0.500. The van der Waals surface area contributed by atoms with E-state index in [1.54, 1.807) is 26.8 Å². The van der Waals surface area contributed by atoms with Crippen LogP contribution in [0, 0.1) is 28.9 Å². The summed E-state index contributed by atoms with van der Waals surface area (Å²) >= 11 is 12.2. The van der Waals surface area contributed by atoms with Gasteiger partial charge in [-0.3, -0.25) is 10.1 Å². The van der Waals surface area contributed by atoms with Gasteiger partial charge in [-0.15, -0.1) is 0 Å². The van der Waals surface area contributed by atoms with Gasteiger partial charge in [0.1, 0.15) is 28.7 Å². The van der Waals surface area contributed by atoms with E-state index >= 15 is 8.78 Å². The van der Waals surface area contributed by atoms with Crippen LogP contribution in [0.15, 0.2) is 36.4 Å². The number of benzene rings is 2. The van der Waals surface area contributed by atoms with Gasteiger partial charge in [-0.05, 0) is 69.7 Å². The molecule has 0 spiro atoms. The van der Waals surface area contributed by atoms with Crippen LogP contribution in [0.5, 0.6) is 0 Å². The van der Waals surface area contributed by atoms with Crippen LogP contribution < -0.4 is 5.32 Å². The van der Waals surface area contributed by atoms with Crippen molar-refractivity contribution in [2.24, 2.45) is 5.92 Å². The average Bonchev–Trinajstić information content (AvgIpc) is 3.15. The van der Waals surface area contributed by atoms with Crippen LogP contribution in [0.25, 0.3) is 0 Å². The largest absolute Gasteiger partial charge is 0.459 e. The molecule has 2 aromatic rings. The van der Waals surface area contributed by atoms with Crippen molar-refractivity contribution in [3.05, 3.63) is 69.2 Å². The number of carbonyl (C=O) groups is 1. The molecule has 0 aliphatic carbocycles. The van der Waals surface area contributed by atoms with Gasteiger partial charge in [-0.1, -0.05) is 41.4 Å². The second-order valence-corrected chi connectivity index (χ2v) is 11.6. The molecule has 198 valence electrons. The summed E-state index contributed by atoms with van der Waals surface area (Å²) in [4.78, 5) is 13.6. The van der Waals surface area contributed by atoms with Crippen LogP contribution in [0.1, 0.15) is 57.1 Å². The molecular formula is C28H30Cl2F2N2O3. The number of hydrogen-bond acceptors (Lipinski definition) is 5. The number of carbonyl (C=O) groups excluding carboxylic acids is 1. The van der Waals surface area contributed by atoms with Crippen molar-refractivity contribution in [2.75, 3.05) is 13.2 Å². The lowest BCUT2D eigenvalue weighted by atomic mass is 9.63. The van der Waals surface area contributed by atoms with Gasteiger partial charge in [0, 0.05) is 35.8 Å².